The van der Waals surface area contributed by atoms with Crippen LogP contribution in [0.4, 0.5) is 11.6 Å². The Balaban J connectivity index is 1.67. The van der Waals surface area contributed by atoms with Gasteiger partial charge < -0.3 is 15.4 Å². The number of aromatic nitrogens is 2. The molecule has 1 amide bonds. The first kappa shape index (κ1) is 19.1. The van der Waals surface area contributed by atoms with E-state index >= 15 is 0 Å². The second-order valence-electron chi connectivity index (χ2n) is 7.14. The van der Waals surface area contributed by atoms with Gasteiger partial charge in [0, 0.05) is 36.2 Å². The lowest BCUT2D eigenvalue weighted by molar-refractivity contribution is 0.0946. The maximum atomic E-state index is 12.4. The van der Waals surface area contributed by atoms with Gasteiger partial charge in [-0.15, -0.1) is 0 Å². The van der Waals surface area contributed by atoms with Crippen molar-refractivity contribution in [1.29, 1.82) is 0 Å². The first-order valence-electron chi connectivity index (χ1n) is 9.85. The molecule has 2 N–H and O–H groups in total. The average Bonchev–Trinajstić information content (AvgIpc) is 2.73. The standard InChI is InChI=1S/C23H24N4O2/c1-16-13-18-7-8-20(16)21-9-11-25-23(27-21)26-19-6-4-5-17(14-19)15-29-12-3-2-10-24-22(18)28/h4-9,11,13-14H,2-3,10,12,15H2,1H3,(H,24,28)(H,25,26,27). The molecule has 2 aliphatic heterocycles. The second kappa shape index (κ2) is 8.84. The van der Waals surface area contributed by atoms with Crippen LogP contribution in [0.2, 0.25) is 0 Å². The molecule has 0 atom stereocenters. The number of hydrogen-bond acceptors (Lipinski definition) is 5. The van der Waals surface area contributed by atoms with Crippen molar-refractivity contribution in [3.8, 4) is 11.3 Å². The lowest BCUT2D eigenvalue weighted by atomic mass is 10.0. The second-order valence-corrected chi connectivity index (χ2v) is 7.14. The molecule has 0 spiro atoms. The molecule has 0 saturated heterocycles. The Morgan fingerprint density at radius 1 is 1.07 bits per heavy atom. The third-order valence-electron chi connectivity index (χ3n) is 4.87. The summed E-state index contributed by atoms with van der Waals surface area (Å²) in [4.78, 5) is 21.4. The van der Waals surface area contributed by atoms with E-state index in [0.29, 0.717) is 31.3 Å². The molecule has 3 heterocycles. The summed E-state index contributed by atoms with van der Waals surface area (Å²) in [5.41, 5.74) is 5.45. The number of nitrogens with zero attached hydrogens (tertiary/aromatic N) is 2. The van der Waals surface area contributed by atoms with Crippen molar-refractivity contribution < 1.29 is 9.53 Å². The van der Waals surface area contributed by atoms with Crippen molar-refractivity contribution in [2.45, 2.75) is 26.4 Å². The van der Waals surface area contributed by atoms with Crippen LogP contribution < -0.4 is 10.6 Å². The van der Waals surface area contributed by atoms with Crippen LogP contribution in [0.25, 0.3) is 11.3 Å². The Morgan fingerprint density at radius 3 is 2.90 bits per heavy atom. The van der Waals surface area contributed by atoms with E-state index in [1.165, 1.54) is 0 Å². The molecule has 0 unspecified atom stereocenters. The van der Waals surface area contributed by atoms with Gasteiger partial charge in [0.1, 0.15) is 0 Å². The van der Waals surface area contributed by atoms with Crippen molar-refractivity contribution in [3.05, 3.63) is 71.4 Å². The molecule has 3 aromatic rings. The molecule has 0 fully saturated rings. The van der Waals surface area contributed by atoms with Gasteiger partial charge in [-0.2, -0.15) is 0 Å². The van der Waals surface area contributed by atoms with E-state index in [1.54, 1.807) is 6.20 Å². The van der Waals surface area contributed by atoms with Gasteiger partial charge in [-0.1, -0.05) is 18.2 Å². The SMILES string of the molecule is Cc1cc2ccc1-c1ccnc(n1)Nc1cccc(c1)COCCCCNC2=O. The normalized spacial score (nSPS) is 14.9. The van der Waals surface area contributed by atoms with Crippen LogP contribution in [-0.4, -0.2) is 29.0 Å². The van der Waals surface area contributed by atoms with Crippen LogP contribution in [-0.2, 0) is 11.3 Å². The summed E-state index contributed by atoms with van der Waals surface area (Å²) in [6, 6.07) is 15.6. The summed E-state index contributed by atoms with van der Waals surface area (Å²) in [6.45, 7) is 3.83. The van der Waals surface area contributed by atoms with Gasteiger partial charge in [0.05, 0.1) is 12.3 Å². The zero-order valence-electron chi connectivity index (χ0n) is 16.4. The highest BCUT2D eigenvalue weighted by Gasteiger charge is 2.11. The van der Waals surface area contributed by atoms with E-state index in [1.807, 2.05) is 55.5 Å². The number of carbonyl (C=O) groups excluding carboxylic acids is 1. The number of fused-ring (bicyclic) bond motifs is 9. The van der Waals surface area contributed by atoms with Crippen LogP contribution >= 0.6 is 0 Å². The van der Waals surface area contributed by atoms with E-state index in [4.69, 9.17) is 4.74 Å². The van der Waals surface area contributed by atoms with Crippen molar-refractivity contribution >= 4 is 17.5 Å². The Morgan fingerprint density at radius 2 is 2.00 bits per heavy atom. The molecule has 148 valence electrons. The number of aryl methyl sites for hydroxylation is 1. The maximum Gasteiger partial charge on any atom is 0.251 e. The molecule has 29 heavy (non-hydrogen) atoms. The molecule has 6 heteroatoms. The molecule has 0 aliphatic carbocycles. The first-order chi connectivity index (χ1) is 14.2. The fourth-order valence-electron chi connectivity index (χ4n) is 3.35. The average molecular weight is 388 g/mol. The van der Waals surface area contributed by atoms with Crippen LogP contribution in [0.1, 0.15) is 34.3 Å². The van der Waals surface area contributed by atoms with Crippen molar-refractivity contribution in [1.82, 2.24) is 15.3 Å². The molecule has 5 rings (SSSR count). The van der Waals surface area contributed by atoms with Crippen molar-refractivity contribution in [2.75, 3.05) is 18.5 Å². The number of rotatable bonds is 0. The zero-order valence-corrected chi connectivity index (χ0v) is 16.4. The van der Waals surface area contributed by atoms with Crippen LogP contribution in [0.3, 0.4) is 0 Å². The Labute approximate surface area is 170 Å². The lowest BCUT2D eigenvalue weighted by Crippen LogP contribution is -2.24. The molecular weight excluding hydrogens is 364 g/mol. The summed E-state index contributed by atoms with van der Waals surface area (Å²) < 4.78 is 5.77. The van der Waals surface area contributed by atoms with Gasteiger partial charge in [0.25, 0.3) is 5.91 Å². The molecule has 2 aromatic carbocycles. The van der Waals surface area contributed by atoms with Crippen molar-refractivity contribution in [3.63, 3.8) is 0 Å². The molecule has 2 aliphatic rings. The summed E-state index contributed by atoms with van der Waals surface area (Å²) in [6.07, 6.45) is 3.52. The number of anilines is 2. The largest absolute Gasteiger partial charge is 0.377 e. The topological polar surface area (TPSA) is 76.1 Å². The van der Waals surface area contributed by atoms with E-state index in [2.05, 4.69) is 20.6 Å². The minimum Gasteiger partial charge on any atom is -0.377 e. The predicted octanol–water partition coefficient (Wildman–Crippen LogP) is 4.24. The van der Waals surface area contributed by atoms with E-state index in [0.717, 1.165) is 40.9 Å². The Kier molecular flexibility index (Phi) is 5.81. The predicted molar refractivity (Wildman–Crippen MR) is 113 cm³/mol. The highest BCUT2D eigenvalue weighted by atomic mass is 16.5. The monoisotopic (exact) mass is 388 g/mol. The lowest BCUT2D eigenvalue weighted by Gasteiger charge is -2.11. The minimum atomic E-state index is -0.0560. The van der Waals surface area contributed by atoms with Gasteiger partial charge in [-0.05, 0) is 61.2 Å². The first-order valence-corrected chi connectivity index (χ1v) is 9.85. The molecule has 6 nitrogen and oxygen atoms in total. The van der Waals surface area contributed by atoms with Crippen LogP contribution in [0.15, 0.2) is 54.7 Å². The molecule has 0 radical (unpaired) electrons. The van der Waals surface area contributed by atoms with E-state index < -0.39 is 0 Å². The van der Waals surface area contributed by atoms with Crippen LogP contribution in [0, 0.1) is 6.92 Å². The number of ether oxygens (including phenoxy) is 1. The van der Waals surface area contributed by atoms with Crippen molar-refractivity contribution in [2.24, 2.45) is 0 Å². The fraction of sp³-hybridized carbons (Fsp3) is 0.261. The smallest absolute Gasteiger partial charge is 0.251 e. The Hall–Kier alpha value is -3.25. The number of benzene rings is 2. The zero-order chi connectivity index (χ0) is 20.1. The maximum absolute atomic E-state index is 12.4. The summed E-state index contributed by atoms with van der Waals surface area (Å²) in [5.74, 6) is 0.472. The molecular formula is C23H24N4O2. The van der Waals surface area contributed by atoms with Gasteiger partial charge in [0.2, 0.25) is 5.95 Å². The van der Waals surface area contributed by atoms with Gasteiger partial charge in [-0.3, -0.25) is 4.79 Å². The number of amides is 1. The third-order valence-corrected chi connectivity index (χ3v) is 4.87. The minimum absolute atomic E-state index is 0.0560. The van der Waals surface area contributed by atoms with Crippen LogP contribution in [0.5, 0.6) is 0 Å². The summed E-state index contributed by atoms with van der Waals surface area (Å²) in [7, 11) is 0. The quantitative estimate of drug-likeness (QED) is 0.603. The molecule has 6 bridgehead atoms. The van der Waals surface area contributed by atoms with E-state index in [9.17, 15) is 4.79 Å². The highest BCUT2D eigenvalue weighted by molar-refractivity contribution is 5.95. The third kappa shape index (κ3) is 4.78. The fourth-order valence-corrected chi connectivity index (χ4v) is 3.35. The van der Waals surface area contributed by atoms with E-state index in [-0.39, 0.29) is 5.91 Å². The summed E-state index contributed by atoms with van der Waals surface area (Å²) >= 11 is 0. The van der Waals surface area contributed by atoms with Gasteiger partial charge in [-0.25, -0.2) is 9.97 Å². The van der Waals surface area contributed by atoms with Gasteiger partial charge in [0.15, 0.2) is 0 Å². The summed E-state index contributed by atoms with van der Waals surface area (Å²) in [5, 5.41) is 6.25. The Bertz CT molecular complexity index is 1020. The van der Waals surface area contributed by atoms with Gasteiger partial charge >= 0.3 is 0 Å². The number of nitrogens with one attached hydrogen (secondary N) is 2. The molecule has 0 saturated carbocycles. The molecule has 1 aromatic heterocycles. The highest BCUT2D eigenvalue weighted by Crippen LogP contribution is 2.24. The number of hydrogen-bond donors (Lipinski definition) is 2. The number of carbonyl (C=O) groups is 1.